The highest BCUT2D eigenvalue weighted by Gasteiger charge is 2.16. The Morgan fingerprint density at radius 1 is 1.25 bits per heavy atom. The van der Waals surface area contributed by atoms with Crippen molar-refractivity contribution in [2.24, 2.45) is 0 Å². The Morgan fingerprint density at radius 2 is 1.95 bits per heavy atom. The molecule has 1 aromatic heterocycles. The van der Waals surface area contributed by atoms with E-state index in [1.165, 1.54) is 10.4 Å². The monoisotopic (exact) mass is 391 g/mol. The lowest BCUT2D eigenvalue weighted by molar-refractivity contribution is 0.536. The van der Waals surface area contributed by atoms with Crippen LogP contribution in [0.4, 0.5) is 0 Å². The number of hydrogen-bond donors (Lipinski definition) is 1. The van der Waals surface area contributed by atoms with E-state index in [1.54, 1.807) is 11.3 Å². The van der Waals surface area contributed by atoms with Gasteiger partial charge in [-0.1, -0.05) is 42.3 Å². The zero-order valence-corrected chi connectivity index (χ0v) is 15.0. The molecular weight excluding hydrogens is 377 g/mol. The first-order chi connectivity index (χ1) is 9.60. The van der Waals surface area contributed by atoms with Crippen LogP contribution in [0, 0.1) is 0 Å². The lowest BCUT2D eigenvalue weighted by atomic mass is 10.0. The number of rotatable bonds is 6. The highest BCUT2D eigenvalue weighted by Crippen LogP contribution is 2.36. The van der Waals surface area contributed by atoms with E-state index in [-0.39, 0.29) is 6.04 Å². The third kappa shape index (κ3) is 4.47. The summed E-state index contributed by atoms with van der Waals surface area (Å²) in [5.74, 6) is 0. The highest BCUT2D eigenvalue weighted by molar-refractivity contribution is 9.11. The molecule has 20 heavy (non-hydrogen) atoms. The molecule has 0 saturated carbocycles. The van der Waals surface area contributed by atoms with Crippen LogP contribution in [0.15, 0.2) is 34.1 Å². The molecule has 0 spiro atoms. The fraction of sp³-hybridized carbons (Fsp3) is 0.333. The van der Waals surface area contributed by atoms with E-state index in [1.807, 2.05) is 18.2 Å². The largest absolute Gasteiger partial charge is 0.309 e. The molecule has 0 saturated heterocycles. The highest BCUT2D eigenvalue weighted by atomic mass is 79.9. The number of hydrogen-bond acceptors (Lipinski definition) is 2. The molecule has 1 aromatic carbocycles. The van der Waals surface area contributed by atoms with Crippen LogP contribution in [-0.2, 0) is 6.42 Å². The van der Waals surface area contributed by atoms with E-state index < -0.39 is 0 Å². The summed E-state index contributed by atoms with van der Waals surface area (Å²) in [6.07, 6.45) is 2.04. The summed E-state index contributed by atoms with van der Waals surface area (Å²) in [6, 6.07) is 10.3. The SMILES string of the molecule is CCCNC(Cc1ccc(Cl)cc1)c1cc(Cl)c(Br)s1. The molecule has 2 rings (SSSR count). The second-order valence-electron chi connectivity index (χ2n) is 4.61. The third-order valence-corrected chi connectivity index (χ3v) is 5.84. The van der Waals surface area contributed by atoms with Gasteiger partial charge in [-0.25, -0.2) is 0 Å². The number of thiophene rings is 1. The molecule has 1 atom stereocenters. The van der Waals surface area contributed by atoms with Gasteiger partial charge in [0, 0.05) is 15.9 Å². The fourth-order valence-electron chi connectivity index (χ4n) is 1.98. The molecule has 0 radical (unpaired) electrons. The summed E-state index contributed by atoms with van der Waals surface area (Å²) < 4.78 is 0.994. The summed E-state index contributed by atoms with van der Waals surface area (Å²) in [7, 11) is 0. The van der Waals surface area contributed by atoms with Crippen LogP contribution in [0.2, 0.25) is 10.0 Å². The Bertz CT molecular complexity index is 534. The lowest BCUT2D eigenvalue weighted by Gasteiger charge is -2.17. The van der Waals surface area contributed by atoms with Gasteiger partial charge >= 0.3 is 0 Å². The van der Waals surface area contributed by atoms with Gasteiger partial charge in [0.15, 0.2) is 0 Å². The molecule has 5 heteroatoms. The zero-order valence-electron chi connectivity index (χ0n) is 11.1. The van der Waals surface area contributed by atoms with Gasteiger partial charge in [0.1, 0.15) is 0 Å². The van der Waals surface area contributed by atoms with Gasteiger partial charge in [0.05, 0.1) is 8.81 Å². The minimum absolute atomic E-state index is 0.282. The predicted octanol–water partition coefficient (Wildman–Crippen LogP) is 6.10. The molecule has 0 aliphatic rings. The van der Waals surface area contributed by atoms with Gasteiger partial charge in [-0.05, 0) is 59.1 Å². The molecule has 2 aromatic rings. The maximum Gasteiger partial charge on any atom is 0.0887 e. The number of halogens is 3. The average molecular weight is 393 g/mol. The minimum atomic E-state index is 0.282. The maximum absolute atomic E-state index is 6.15. The summed E-state index contributed by atoms with van der Waals surface area (Å²) in [6.45, 7) is 3.16. The second kappa shape index (κ2) is 7.81. The van der Waals surface area contributed by atoms with E-state index in [9.17, 15) is 0 Å². The molecule has 1 unspecified atom stereocenters. The molecule has 1 nitrogen and oxygen atoms in total. The van der Waals surface area contributed by atoms with Crippen molar-refractivity contribution in [1.82, 2.24) is 5.32 Å². The van der Waals surface area contributed by atoms with E-state index >= 15 is 0 Å². The Hall–Kier alpha value is -0.0600. The molecule has 1 heterocycles. The average Bonchev–Trinajstić information content (AvgIpc) is 2.77. The standard InChI is InChI=1S/C15H16BrCl2NS/c1-2-7-19-13(14-9-12(18)15(16)20-14)8-10-3-5-11(17)6-4-10/h3-6,9,13,19H,2,7-8H2,1H3. The number of nitrogens with one attached hydrogen (secondary N) is 1. The van der Waals surface area contributed by atoms with Gasteiger partial charge in [-0.3, -0.25) is 0 Å². The fourth-order valence-corrected chi connectivity index (χ4v) is 3.93. The van der Waals surface area contributed by atoms with Crippen LogP contribution in [0.5, 0.6) is 0 Å². The lowest BCUT2D eigenvalue weighted by Crippen LogP contribution is -2.23. The molecule has 0 fully saturated rings. The predicted molar refractivity (Wildman–Crippen MR) is 93.2 cm³/mol. The molecule has 108 valence electrons. The van der Waals surface area contributed by atoms with Crippen molar-refractivity contribution < 1.29 is 0 Å². The molecule has 0 aliphatic heterocycles. The minimum Gasteiger partial charge on any atom is -0.309 e. The van der Waals surface area contributed by atoms with Crippen LogP contribution in [-0.4, -0.2) is 6.54 Å². The van der Waals surface area contributed by atoms with Crippen molar-refractivity contribution in [2.45, 2.75) is 25.8 Å². The summed E-state index contributed by atoms with van der Waals surface area (Å²) in [5, 5.41) is 5.14. The van der Waals surface area contributed by atoms with Gasteiger partial charge in [0.25, 0.3) is 0 Å². The Balaban J connectivity index is 2.16. The first-order valence-corrected chi connectivity index (χ1v) is 8.89. The number of benzene rings is 1. The van der Waals surface area contributed by atoms with Gasteiger partial charge < -0.3 is 5.32 Å². The summed E-state index contributed by atoms with van der Waals surface area (Å²) in [5.41, 5.74) is 1.27. The molecule has 0 aliphatic carbocycles. The van der Waals surface area contributed by atoms with Crippen molar-refractivity contribution in [3.05, 3.63) is 54.6 Å². The molecule has 0 bridgehead atoms. The zero-order chi connectivity index (χ0) is 14.5. The van der Waals surface area contributed by atoms with Gasteiger partial charge in [-0.2, -0.15) is 0 Å². The Kier molecular flexibility index (Phi) is 6.37. The van der Waals surface area contributed by atoms with Crippen molar-refractivity contribution in [1.29, 1.82) is 0 Å². The summed E-state index contributed by atoms with van der Waals surface area (Å²) in [4.78, 5) is 1.25. The Labute approximate surface area is 142 Å². The summed E-state index contributed by atoms with van der Waals surface area (Å²) >= 11 is 17.3. The molecular formula is C15H16BrCl2NS. The normalized spacial score (nSPS) is 12.6. The van der Waals surface area contributed by atoms with E-state index in [2.05, 4.69) is 40.3 Å². The van der Waals surface area contributed by atoms with Crippen molar-refractivity contribution >= 4 is 50.5 Å². The first-order valence-electron chi connectivity index (χ1n) is 6.52. The van der Waals surface area contributed by atoms with Crippen LogP contribution in [0.3, 0.4) is 0 Å². The van der Waals surface area contributed by atoms with Gasteiger partial charge in [0.2, 0.25) is 0 Å². The third-order valence-electron chi connectivity index (χ3n) is 3.00. The van der Waals surface area contributed by atoms with Crippen molar-refractivity contribution in [3.63, 3.8) is 0 Å². The van der Waals surface area contributed by atoms with Crippen molar-refractivity contribution in [3.8, 4) is 0 Å². The Morgan fingerprint density at radius 3 is 2.50 bits per heavy atom. The smallest absolute Gasteiger partial charge is 0.0887 e. The van der Waals surface area contributed by atoms with Crippen LogP contribution in [0.1, 0.15) is 29.8 Å². The van der Waals surface area contributed by atoms with E-state index in [4.69, 9.17) is 23.2 Å². The van der Waals surface area contributed by atoms with Crippen LogP contribution < -0.4 is 5.32 Å². The first kappa shape index (κ1) is 16.3. The van der Waals surface area contributed by atoms with E-state index in [0.29, 0.717) is 0 Å². The molecule has 1 N–H and O–H groups in total. The quantitative estimate of drug-likeness (QED) is 0.625. The van der Waals surface area contributed by atoms with Crippen molar-refractivity contribution in [2.75, 3.05) is 6.54 Å². The van der Waals surface area contributed by atoms with Crippen LogP contribution >= 0.6 is 50.5 Å². The van der Waals surface area contributed by atoms with Gasteiger partial charge in [-0.15, -0.1) is 11.3 Å². The second-order valence-corrected chi connectivity index (χ2v) is 7.85. The maximum atomic E-state index is 6.15. The van der Waals surface area contributed by atoms with Crippen LogP contribution in [0.25, 0.3) is 0 Å². The topological polar surface area (TPSA) is 12.0 Å². The molecule has 0 amide bonds. The van der Waals surface area contributed by atoms with E-state index in [0.717, 1.165) is 33.2 Å².